The van der Waals surface area contributed by atoms with Crippen molar-refractivity contribution in [3.8, 4) is 0 Å². The molecule has 0 bridgehead atoms. The van der Waals surface area contributed by atoms with Crippen LogP contribution in [0.25, 0.3) is 11.2 Å². The average molecular weight is 269 g/mol. The van der Waals surface area contributed by atoms with Crippen molar-refractivity contribution in [3.63, 3.8) is 0 Å². The molecule has 0 saturated carbocycles. The van der Waals surface area contributed by atoms with E-state index in [2.05, 4.69) is 39.0 Å². The summed E-state index contributed by atoms with van der Waals surface area (Å²) in [4.78, 5) is 15.4. The topological polar surface area (TPSA) is 130 Å². The Morgan fingerprint density at radius 2 is 1.60 bits per heavy atom. The molecule has 7 nitrogen and oxygen atoms in total. The summed E-state index contributed by atoms with van der Waals surface area (Å²) in [5.74, 6) is 0.532. The van der Waals surface area contributed by atoms with Crippen LogP contribution >= 0.6 is 0 Å². The van der Waals surface area contributed by atoms with Gasteiger partial charge in [0.25, 0.3) is 0 Å². The number of rotatable bonds is 0. The lowest BCUT2D eigenvalue weighted by Gasteiger charge is -2.00. The van der Waals surface area contributed by atoms with Crippen LogP contribution in [-0.2, 0) is 0 Å². The molecule has 0 atom stereocenters. The molecule has 0 radical (unpaired) electrons. The van der Waals surface area contributed by atoms with Gasteiger partial charge in [-0.3, -0.25) is 0 Å². The van der Waals surface area contributed by atoms with Gasteiger partial charge in [-0.2, -0.15) is 9.97 Å². The van der Waals surface area contributed by atoms with Crippen molar-refractivity contribution in [1.82, 2.24) is 19.9 Å². The van der Waals surface area contributed by atoms with Crippen LogP contribution in [-0.4, -0.2) is 19.9 Å². The van der Waals surface area contributed by atoms with E-state index in [4.69, 9.17) is 17.2 Å². The quantitative estimate of drug-likeness (QED) is 0.558. The molecule has 0 saturated heterocycles. The van der Waals surface area contributed by atoms with Crippen LogP contribution in [0.5, 0.6) is 0 Å². The maximum absolute atomic E-state index is 5.53. The first-order valence-electron chi connectivity index (χ1n) is 5.89. The van der Waals surface area contributed by atoms with Crippen LogP contribution in [0.1, 0.15) is 5.56 Å². The molecule has 0 aliphatic carbocycles. The Balaban J connectivity index is 0.000000178. The van der Waals surface area contributed by atoms with Gasteiger partial charge >= 0.3 is 0 Å². The molecular formula is C13H15N7. The van der Waals surface area contributed by atoms with E-state index < -0.39 is 0 Å². The van der Waals surface area contributed by atoms with E-state index in [0.717, 1.165) is 0 Å². The fourth-order valence-electron chi connectivity index (χ4n) is 1.50. The number of hydrogen-bond donors (Lipinski definition) is 3. The number of hydrogen-bond acceptors (Lipinski definition) is 7. The molecule has 0 fully saturated rings. The summed E-state index contributed by atoms with van der Waals surface area (Å²) in [6, 6.07) is 10.3. The SMILES string of the molecule is Cc1ccccc1.Nc1cnc2c(N)nc(N)nc2n1. The predicted molar refractivity (Wildman–Crippen MR) is 79.5 cm³/mol. The molecule has 0 amide bonds. The predicted octanol–water partition coefficient (Wildman–Crippen LogP) is 1.16. The van der Waals surface area contributed by atoms with Gasteiger partial charge in [0.1, 0.15) is 5.82 Å². The van der Waals surface area contributed by atoms with Crippen molar-refractivity contribution in [2.24, 2.45) is 0 Å². The van der Waals surface area contributed by atoms with Crippen molar-refractivity contribution in [2.75, 3.05) is 17.2 Å². The van der Waals surface area contributed by atoms with E-state index in [1.165, 1.54) is 11.8 Å². The minimum absolute atomic E-state index is 0.0601. The van der Waals surface area contributed by atoms with Crippen molar-refractivity contribution >= 4 is 28.7 Å². The monoisotopic (exact) mass is 269 g/mol. The van der Waals surface area contributed by atoms with Crippen LogP contribution in [0.2, 0.25) is 0 Å². The Kier molecular flexibility index (Phi) is 3.90. The van der Waals surface area contributed by atoms with Gasteiger partial charge in [0.15, 0.2) is 17.0 Å². The van der Waals surface area contributed by atoms with Crippen LogP contribution in [0.15, 0.2) is 36.5 Å². The third-order valence-corrected chi connectivity index (χ3v) is 2.41. The van der Waals surface area contributed by atoms with Gasteiger partial charge in [0, 0.05) is 0 Å². The molecule has 1 aromatic carbocycles. The molecule has 7 heteroatoms. The first-order valence-corrected chi connectivity index (χ1v) is 5.89. The fraction of sp³-hybridized carbons (Fsp3) is 0.0769. The van der Waals surface area contributed by atoms with E-state index in [9.17, 15) is 0 Å². The zero-order valence-corrected chi connectivity index (χ0v) is 11.0. The molecule has 0 unspecified atom stereocenters. The normalized spacial score (nSPS) is 9.85. The zero-order chi connectivity index (χ0) is 14.5. The molecule has 0 aliphatic heterocycles. The van der Waals surface area contributed by atoms with Gasteiger partial charge in [-0.1, -0.05) is 35.9 Å². The number of nitrogens with two attached hydrogens (primary N) is 3. The number of nitrogen functional groups attached to an aromatic ring is 3. The number of aromatic nitrogens is 4. The van der Waals surface area contributed by atoms with E-state index in [-0.39, 0.29) is 17.6 Å². The van der Waals surface area contributed by atoms with Crippen LogP contribution < -0.4 is 17.2 Å². The first-order chi connectivity index (χ1) is 9.56. The Bertz CT molecular complexity index is 707. The highest BCUT2D eigenvalue weighted by atomic mass is 15.1. The second-order valence-electron chi connectivity index (χ2n) is 4.09. The molecular weight excluding hydrogens is 254 g/mol. The van der Waals surface area contributed by atoms with Crippen molar-refractivity contribution < 1.29 is 0 Å². The standard InChI is InChI=1S/C7H8.C6H7N7/c1-7-5-3-2-4-6-7;7-2-1-10-3-4(8)12-6(9)13-5(3)11-2/h2-6H,1H3;1H,(H6,7,8,9,11,12,13). The molecule has 20 heavy (non-hydrogen) atoms. The zero-order valence-electron chi connectivity index (χ0n) is 11.0. The second kappa shape index (κ2) is 5.79. The lowest BCUT2D eigenvalue weighted by Crippen LogP contribution is -2.04. The van der Waals surface area contributed by atoms with Gasteiger partial charge < -0.3 is 17.2 Å². The summed E-state index contributed by atoms with van der Waals surface area (Å²) in [7, 11) is 0. The lowest BCUT2D eigenvalue weighted by atomic mass is 10.2. The summed E-state index contributed by atoms with van der Waals surface area (Å²) >= 11 is 0. The Morgan fingerprint density at radius 1 is 0.900 bits per heavy atom. The smallest absolute Gasteiger partial charge is 0.224 e. The van der Waals surface area contributed by atoms with Gasteiger partial charge in [-0.25, -0.2) is 9.97 Å². The summed E-state index contributed by atoms with van der Waals surface area (Å²) in [6.45, 7) is 2.08. The minimum atomic E-state index is 0.0601. The van der Waals surface area contributed by atoms with Crippen LogP contribution in [0, 0.1) is 6.92 Å². The molecule has 0 spiro atoms. The number of nitrogens with zero attached hydrogens (tertiary/aromatic N) is 4. The first kappa shape index (κ1) is 13.5. The number of fused-ring (bicyclic) bond motifs is 1. The average Bonchev–Trinajstić information content (AvgIpc) is 2.39. The second-order valence-corrected chi connectivity index (χ2v) is 4.09. The maximum atomic E-state index is 5.53. The maximum Gasteiger partial charge on any atom is 0.224 e. The lowest BCUT2D eigenvalue weighted by molar-refractivity contribution is 1.17. The third kappa shape index (κ3) is 3.29. The molecule has 3 rings (SSSR count). The van der Waals surface area contributed by atoms with E-state index in [0.29, 0.717) is 11.2 Å². The van der Waals surface area contributed by atoms with E-state index in [1.54, 1.807) is 0 Å². The van der Waals surface area contributed by atoms with Crippen LogP contribution in [0.3, 0.4) is 0 Å². The molecule has 3 aromatic rings. The van der Waals surface area contributed by atoms with Crippen LogP contribution in [0.4, 0.5) is 17.6 Å². The highest BCUT2D eigenvalue weighted by molar-refractivity contribution is 5.82. The fourth-order valence-corrected chi connectivity index (χ4v) is 1.50. The van der Waals surface area contributed by atoms with Gasteiger partial charge in [-0.05, 0) is 6.92 Å². The molecule has 2 aromatic heterocycles. The van der Waals surface area contributed by atoms with E-state index in [1.807, 2.05) is 18.2 Å². The molecule has 102 valence electrons. The highest BCUT2D eigenvalue weighted by Gasteiger charge is 2.05. The molecule has 0 aliphatic rings. The minimum Gasteiger partial charge on any atom is -0.382 e. The number of anilines is 3. The Morgan fingerprint density at radius 3 is 2.20 bits per heavy atom. The largest absolute Gasteiger partial charge is 0.382 e. The van der Waals surface area contributed by atoms with Crippen molar-refractivity contribution in [2.45, 2.75) is 6.92 Å². The van der Waals surface area contributed by atoms with Gasteiger partial charge in [-0.15, -0.1) is 0 Å². The molecule has 6 N–H and O–H groups in total. The summed E-state index contributed by atoms with van der Waals surface area (Å²) in [5, 5.41) is 0. The van der Waals surface area contributed by atoms with Crippen molar-refractivity contribution in [3.05, 3.63) is 42.1 Å². The van der Waals surface area contributed by atoms with E-state index >= 15 is 0 Å². The Labute approximate surface area is 115 Å². The highest BCUT2D eigenvalue weighted by Crippen LogP contribution is 2.14. The third-order valence-electron chi connectivity index (χ3n) is 2.41. The van der Waals surface area contributed by atoms with Gasteiger partial charge in [0.05, 0.1) is 6.20 Å². The summed E-state index contributed by atoms with van der Waals surface area (Å²) in [6.07, 6.45) is 1.39. The molecule has 2 heterocycles. The van der Waals surface area contributed by atoms with Gasteiger partial charge in [0.2, 0.25) is 5.95 Å². The summed E-state index contributed by atoms with van der Waals surface area (Å²) < 4.78 is 0. The van der Waals surface area contributed by atoms with Crippen molar-refractivity contribution in [1.29, 1.82) is 0 Å². The summed E-state index contributed by atoms with van der Waals surface area (Å²) in [5.41, 5.74) is 18.3. The Hall–Kier alpha value is -2.96. The number of benzene rings is 1. The number of aryl methyl sites for hydroxylation is 1.